The van der Waals surface area contributed by atoms with Gasteiger partial charge in [0.25, 0.3) is 0 Å². The van der Waals surface area contributed by atoms with Gasteiger partial charge in [0.05, 0.1) is 0 Å². The number of carbonyl (C=O) groups is 1. The molecule has 1 aliphatic heterocycles. The first kappa shape index (κ1) is 11.5. The topological polar surface area (TPSA) is 94.7 Å². The summed E-state index contributed by atoms with van der Waals surface area (Å²) in [5.41, 5.74) is 0.661. The lowest BCUT2D eigenvalue weighted by atomic mass is 10.2. The lowest BCUT2D eigenvalue weighted by Gasteiger charge is -2.18. The molecule has 0 saturated heterocycles. The molecule has 98 valence electrons. The van der Waals surface area contributed by atoms with Gasteiger partial charge < -0.3 is 19.0 Å². The number of ether oxygens (including phenoxy) is 2. The van der Waals surface area contributed by atoms with Crippen molar-refractivity contribution in [1.82, 2.24) is 10.2 Å². The maximum Gasteiger partial charge on any atom is 0.312 e. The predicted molar refractivity (Wildman–Crippen MR) is 62.1 cm³/mol. The molecule has 2 heterocycles. The minimum absolute atomic E-state index is 0.0670. The van der Waals surface area contributed by atoms with Gasteiger partial charge in [-0.05, 0) is 18.2 Å². The summed E-state index contributed by atoms with van der Waals surface area (Å²) in [6, 6.07) is 5.24. The highest BCUT2D eigenvalue weighted by Crippen LogP contribution is 2.34. The van der Waals surface area contributed by atoms with Crippen LogP contribution in [0.15, 0.2) is 22.6 Å². The number of rotatable bonds is 3. The van der Waals surface area contributed by atoms with Crippen LogP contribution in [0.2, 0.25) is 0 Å². The van der Waals surface area contributed by atoms with Crippen molar-refractivity contribution in [2.24, 2.45) is 0 Å². The van der Waals surface area contributed by atoms with Crippen LogP contribution in [0.5, 0.6) is 11.5 Å². The largest absolute Gasteiger partial charge is 0.486 e. The Morgan fingerprint density at radius 1 is 1.21 bits per heavy atom. The minimum Gasteiger partial charge on any atom is -0.486 e. The second kappa shape index (κ2) is 4.60. The maximum atomic E-state index is 10.5. The average molecular weight is 262 g/mol. The van der Waals surface area contributed by atoms with E-state index in [1.165, 1.54) is 0 Å². The molecule has 7 heteroatoms. The van der Waals surface area contributed by atoms with Crippen molar-refractivity contribution >= 4 is 5.97 Å². The van der Waals surface area contributed by atoms with Gasteiger partial charge in [0, 0.05) is 5.56 Å². The third kappa shape index (κ3) is 2.35. The molecule has 0 unspecified atom stereocenters. The van der Waals surface area contributed by atoms with Gasteiger partial charge in [-0.2, -0.15) is 0 Å². The summed E-state index contributed by atoms with van der Waals surface area (Å²) >= 11 is 0. The van der Waals surface area contributed by atoms with E-state index in [0.717, 1.165) is 0 Å². The van der Waals surface area contributed by atoms with Crippen LogP contribution in [0, 0.1) is 0 Å². The zero-order valence-electron chi connectivity index (χ0n) is 9.83. The fourth-order valence-electron chi connectivity index (χ4n) is 1.75. The Labute approximate surface area is 107 Å². The Morgan fingerprint density at radius 2 is 2.00 bits per heavy atom. The number of aromatic nitrogens is 2. The molecule has 0 amide bonds. The second-order valence-corrected chi connectivity index (χ2v) is 3.93. The maximum absolute atomic E-state index is 10.5. The van der Waals surface area contributed by atoms with Crippen LogP contribution in [-0.2, 0) is 11.2 Å². The summed E-state index contributed by atoms with van der Waals surface area (Å²) in [6.07, 6.45) is -0.294. The molecule has 1 aliphatic rings. The Morgan fingerprint density at radius 3 is 2.79 bits per heavy atom. The number of fused-ring (bicyclic) bond motifs is 1. The van der Waals surface area contributed by atoms with E-state index in [1.807, 2.05) is 0 Å². The van der Waals surface area contributed by atoms with Gasteiger partial charge in [-0.3, -0.25) is 4.79 Å². The van der Waals surface area contributed by atoms with Gasteiger partial charge in [-0.25, -0.2) is 0 Å². The van der Waals surface area contributed by atoms with E-state index >= 15 is 0 Å². The lowest BCUT2D eigenvalue weighted by molar-refractivity contribution is -0.136. The predicted octanol–water partition coefficient (Wildman–Crippen LogP) is 1.13. The van der Waals surface area contributed by atoms with Gasteiger partial charge in [0.1, 0.15) is 19.6 Å². The smallest absolute Gasteiger partial charge is 0.312 e. The number of benzene rings is 1. The van der Waals surface area contributed by atoms with Crippen molar-refractivity contribution in [3.05, 3.63) is 24.1 Å². The first-order chi connectivity index (χ1) is 9.22. The van der Waals surface area contributed by atoms with Gasteiger partial charge in [-0.1, -0.05) is 0 Å². The van der Waals surface area contributed by atoms with E-state index in [1.54, 1.807) is 18.2 Å². The number of carboxylic acid groups (broad SMARTS) is 1. The Balaban J connectivity index is 1.89. The van der Waals surface area contributed by atoms with E-state index in [9.17, 15) is 4.79 Å². The average Bonchev–Trinajstić information content (AvgIpc) is 2.86. The highest BCUT2D eigenvalue weighted by molar-refractivity contribution is 5.69. The quantitative estimate of drug-likeness (QED) is 0.885. The van der Waals surface area contributed by atoms with Crippen LogP contribution < -0.4 is 9.47 Å². The molecule has 19 heavy (non-hydrogen) atoms. The normalized spacial score (nSPS) is 13.3. The van der Waals surface area contributed by atoms with Crippen molar-refractivity contribution in [1.29, 1.82) is 0 Å². The van der Waals surface area contributed by atoms with Gasteiger partial charge in [0.2, 0.25) is 11.8 Å². The van der Waals surface area contributed by atoms with Crippen LogP contribution >= 0.6 is 0 Å². The molecule has 0 radical (unpaired) electrons. The summed E-state index contributed by atoms with van der Waals surface area (Å²) in [6.45, 7) is 1.01. The molecule has 0 bridgehead atoms. The lowest BCUT2D eigenvalue weighted by Crippen LogP contribution is -2.15. The monoisotopic (exact) mass is 262 g/mol. The van der Waals surface area contributed by atoms with E-state index < -0.39 is 5.97 Å². The van der Waals surface area contributed by atoms with Gasteiger partial charge >= 0.3 is 5.97 Å². The molecule has 3 rings (SSSR count). The third-order valence-corrected chi connectivity index (χ3v) is 2.56. The summed E-state index contributed by atoms with van der Waals surface area (Å²) in [7, 11) is 0. The minimum atomic E-state index is -1.02. The standard InChI is InChI=1S/C12H10N2O5/c15-11(16)6-10-13-14-12(19-10)7-1-2-8-9(5-7)18-4-3-17-8/h1-2,5H,3-4,6H2,(H,15,16). The highest BCUT2D eigenvalue weighted by atomic mass is 16.6. The fourth-order valence-corrected chi connectivity index (χ4v) is 1.75. The first-order valence-electron chi connectivity index (χ1n) is 5.66. The summed E-state index contributed by atoms with van der Waals surface area (Å²) in [5.74, 6) is 0.588. The Hall–Kier alpha value is -2.57. The van der Waals surface area contributed by atoms with Crippen molar-refractivity contribution in [2.45, 2.75) is 6.42 Å². The van der Waals surface area contributed by atoms with E-state index in [2.05, 4.69) is 10.2 Å². The van der Waals surface area contributed by atoms with Crippen LogP contribution in [0.25, 0.3) is 11.5 Å². The van der Waals surface area contributed by atoms with Crippen LogP contribution in [-0.4, -0.2) is 34.5 Å². The SMILES string of the molecule is O=C(O)Cc1nnc(-c2ccc3c(c2)OCCO3)o1. The third-order valence-electron chi connectivity index (χ3n) is 2.56. The Kier molecular flexibility index (Phi) is 2.79. The van der Waals surface area contributed by atoms with Crippen LogP contribution in [0.4, 0.5) is 0 Å². The van der Waals surface area contributed by atoms with E-state index in [4.69, 9.17) is 19.0 Å². The van der Waals surface area contributed by atoms with Crippen molar-refractivity contribution in [3.8, 4) is 23.0 Å². The molecular formula is C12H10N2O5. The molecule has 2 aromatic rings. The highest BCUT2D eigenvalue weighted by Gasteiger charge is 2.16. The van der Waals surface area contributed by atoms with Gasteiger partial charge in [0.15, 0.2) is 11.5 Å². The van der Waals surface area contributed by atoms with Crippen molar-refractivity contribution in [3.63, 3.8) is 0 Å². The summed E-state index contributed by atoms with van der Waals surface area (Å²) < 4.78 is 16.1. The summed E-state index contributed by atoms with van der Waals surface area (Å²) in [4.78, 5) is 10.5. The molecule has 0 saturated carbocycles. The number of nitrogens with zero attached hydrogens (tertiary/aromatic N) is 2. The molecule has 0 aliphatic carbocycles. The van der Waals surface area contributed by atoms with E-state index in [-0.39, 0.29) is 18.2 Å². The van der Waals surface area contributed by atoms with Gasteiger partial charge in [-0.15, -0.1) is 10.2 Å². The zero-order chi connectivity index (χ0) is 13.2. The number of carboxylic acids is 1. The number of hydrogen-bond donors (Lipinski definition) is 1. The molecule has 1 aromatic heterocycles. The van der Waals surface area contributed by atoms with Crippen LogP contribution in [0.3, 0.4) is 0 Å². The van der Waals surface area contributed by atoms with E-state index in [0.29, 0.717) is 30.3 Å². The van der Waals surface area contributed by atoms with Crippen LogP contribution in [0.1, 0.15) is 5.89 Å². The number of aliphatic carboxylic acids is 1. The molecule has 1 aromatic carbocycles. The zero-order valence-corrected chi connectivity index (χ0v) is 9.83. The Bertz CT molecular complexity index is 622. The van der Waals surface area contributed by atoms with Crippen molar-refractivity contribution < 1.29 is 23.8 Å². The first-order valence-corrected chi connectivity index (χ1v) is 5.66. The summed E-state index contributed by atoms with van der Waals surface area (Å²) in [5, 5.41) is 16.1. The second-order valence-electron chi connectivity index (χ2n) is 3.93. The number of hydrogen-bond acceptors (Lipinski definition) is 6. The van der Waals surface area contributed by atoms with Crippen molar-refractivity contribution in [2.75, 3.05) is 13.2 Å². The molecule has 0 atom stereocenters. The molecule has 1 N–H and O–H groups in total. The molecular weight excluding hydrogens is 252 g/mol. The fraction of sp³-hybridized carbons (Fsp3) is 0.250. The molecule has 0 fully saturated rings. The molecule has 7 nitrogen and oxygen atoms in total. The molecule has 0 spiro atoms.